The van der Waals surface area contributed by atoms with E-state index in [-0.39, 0.29) is 11.3 Å². The highest BCUT2D eigenvalue weighted by molar-refractivity contribution is 5.44. The first-order valence-corrected chi connectivity index (χ1v) is 9.50. The third kappa shape index (κ3) is 2.32. The van der Waals surface area contributed by atoms with E-state index in [0.717, 1.165) is 24.8 Å². The number of phenols is 1. The number of phenolic OH excluding ortho intramolecular Hbond substituents is 1. The maximum absolute atomic E-state index is 11.6. The monoisotopic (exact) mass is 353 g/mol. The largest absolute Gasteiger partial charge is 0.508 e. The molecule has 1 saturated carbocycles. The van der Waals surface area contributed by atoms with Gasteiger partial charge in [-0.15, -0.1) is 0 Å². The molecule has 1 aromatic heterocycles. The third-order valence-electron chi connectivity index (χ3n) is 7.05. The Morgan fingerprint density at radius 2 is 1.88 bits per heavy atom. The lowest BCUT2D eigenvalue weighted by Crippen LogP contribution is -2.62. The van der Waals surface area contributed by atoms with Crippen molar-refractivity contribution in [1.82, 2.24) is 4.98 Å². The molecule has 3 unspecified atom stereocenters. The van der Waals surface area contributed by atoms with Crippen LogP contribution in [0, 0.1) is 5.92 Å². The number of pyridine rings is 1. The lowest BCUT2D eigenvalue weighted by Gasteiger charge is -2.59. The zero-order chi connectivity index (χ0) is 18.6. The standard InChI is InChI=1S/C22H27NO3/c1-3-21-14-20(2,25)22(26,16-8-10-23-11-9-16)13-17(21)5-4-15-12-18(24)6-7-19(15)21/h6-12,17,24-26H,3-5,13-14H2,1-2H3/t17-,20?,21?,22?/m1/s1. The molecule has 1 aromatic carbocycles. The minimum Gasteiger partial charge on any atom is -0.508 e. The van der Waals surface area contributed by atoms with Crippen molar-refractivity contribution in [3.8, 4) is 5.75 Å². The zero-order valence-corrected chi connectivity index (χ0v) is 15.4. The van der Waals surface area contributed by atoms with Gasteiger partial charge in [0.25, 0.3) is 0 Å². The van der Waals surface area contributed by atoms with E-state index in [1.807, 2.05) is 24.3 Å². The summed E-state index contributed by atoms with van der Waals surface area (Å²) in [5.74, 6) is 0.576. The molecule has 0 amide bonds. The summed E-state index contributed by atoms with van der Waals surface area (Å²) in [7, 11) is 0. The second-order valence-corrected chi connectivity index (χ2v) is 8.34. The van der Waals surface area contributed by atoms with Crippen molar-refractivity contribution in [1.29, 1.82) is 0 Å². The van der Waals surface area contributed by atoms with Gasteiger partial charge in [0, 0.05) is 17.8 Å². The number of benzene rings is 1. The van der Waals surface area contributed by atoms with Crippen LogP contribution in [0.25, 0.3) is 0 Å². The summed E-state index contributed by atoms with van der Waals surface area (Å²) in [5, 5.41) is 32.9. The Kier molecular flexibility index (Phi) is 3.90. The molecule has 0 aliphatic heterocycles. The molecule has 4 rings (SSSR count). The van der Waals surface area contributed by atoms with Gasteiger partial charge in [0.2, 0.25) is 0 Å². The lowest BCUT2D eigenvalue weighted by atomic mass is 9.49. The third-order valence-corrected chi connectivity index (χ3v) is 7.05. The Hall–Kier alpha value is -1.91. The van der Waals surface area contributed by atoms with Crippen LogP contribution in [0.1, 0.15) is 56.2 Å². The predicted octanol–water partition coefficient (Wildman–Crippen LogP) is 3.43. The van der Waals surface area contributed by atoms with Gasteiger partial charge in [0.15, 0.2) is 0 Å². The summed E-state index contributed by atoms with van der Waals surface area (Å²) >= 11 is 0. The van der Waals surface area contributed by atoms with Crippen molar-refractivity contribution in [3.05, 3.63) is 59.4 Å². The molecule has 0 bridgehead atoms. The van der Waals surface area contributed by atoms with Crippen LogP contribution in [0.2, 0.25) is 0 Å². The average molecular weight is 353 g/mol. The molecular weight excluding hydrogens is 326 g/mol. The Balaban J connectivity index is 1.83. The summed E-state index contributed by atoms with van der Waals surface area (Å²) in [6.45, 7) is 3.93. The van der Waals surface area contributed by atoms with Crippen LogP contribution in [0.15, 0.2) is 42.7 Å². The van der Waals surface area contributed by atoms with Gasteiger partial charge >= 0.3 is 0 Å². The van der Waals surface area contributed by atoms with Crippen molar-refractivity contribution in [2.45, 2.75) is 62.6 Å². The van der Waals surface area contributed by atoms with E-state index in [9.17, 15) is 15.3 Å². The Morgan fingerprint density at radius 3 is 2.58 bits per heavy atom. The number of hydrogen-bond acceptors (Lipinski definition) is 4. The maximum atomic E-state index is 11.6. The molecule has 4 nitrogen and oxygen atoms in total. The predicted molar refractivity (Wildman–Crippen MR) is 99.9 cm³/mol. The molecule has 1 heterocycles. The van der Waals surface area contributed by atoms with E-state index >= 15 is 0 Å². The van der Waals surface area contributed by atoms with Gasteiger partial charge in [-0.3, -0.25) is 4.98 Å². The van der Waals surface area contributed by atoms with Gasteiger partial charge in [-0.25, -0.2) is 0 Å². The second-order valence-electron chi connectivity index (χ2n) is 8.34. The number of rotatable bonds is 2. The van der Waals surface area contributed by atoms with E-state index in [0.29, 0.717) is 18.6 Å². The SMILES string of the molecule is CCC12CC(C)(O)C(O)(c3ccncc3)C[C@H]1CCc1cc(O)ccc12. The number of aromatic hydroxyl groups is 1. The van der Waals surface area contributed by atoms with Crippen LogP contribution < -0.4 is 0 Å². The molecule has 138 valence electrons. The topological polar surface area (TPSA) is 73.6 Å². The molecule has 0 radical (unpaired) electrons. The van der Waals surface area contributed by atoms with Crippen molar-refractivity contribution in [2.24, 2.45) is 5.92 Å². The molecule has 4 atom stereocenters. The van der Waals surface area contributed by atoms with Crippen LogP contribution in [0.5, 0.6) is 5.75 Å². The number of fused-ring (bicyclic) bond motifs is 3. The number of nitrogens with zero attached hydrogens (tertiary/aromatic N) is 1. The fourth-order valence-corrected chi connectivity index (χ4v) is 5.63. The first kappa shape index (κ1) is 17.5. The number of aliphatic hydroxyl groups is 2. The summed E-state index contributed by atoms with van der Waals surface area (Å²) in [6.07, 6.45) is 7.11. The fourth-order valence-electron chi connectivity index (χ4n) is 5.63. The fraction of sp³-hybridized carbons (Fsp3) is 0.500. The number of aryl methyl sites for hydroxylation is 1. The summed E-state index contributed by atoms with van der Waals surface area (Å²) in [6, 6.07) is 9.25. The Bertz CT molecular complexity index is 819. The van der Waals surface area contributed by atoms with Crippen molar-refractivity contribution < 1.29 is 15.3 Å². The Morgan fingerprint density at radius 1 is 1.15 bits per heavy atom. The van der Waals surface area contributed by atoms with Crippen LogP contribution >= 0.6 is 0 Å². The van der Waals surface area contributed by atoms with Gasteiger partial charge in [-0.1, -0.05) is 13.0 Å². The molecule has 4 heteroatoms. The number of aromatic nitrogens is 1. The van der Waals surface area contributed by atoms with Gasteiger partial charge in [-0.05, 0) is 85.9 Å². The van der Waals surface area contributed by atoms with E-state index < -0.39 is 11.2 Å². The minimum atomic E-state index is -1.28. The van der Waals surface area contributed by atoms with Crippen LogP contribution in [-0.4, -0.2) is 25.9 Å². The quantitative estimate of drug-likeness (QED) is 0.773. The first-order valence-electron chi connectivity index (χ1n) is 9.50. The smallest absolute Gasteiger partial charge is 0.118 e. The highest BCUT2D eigenvalue weighted by atomic mass is 16.4. The molecule has 0 saturated heterocycles. The second kappa shape index (κ2) is 5.80. The maximum Gasteiger partial charge on any atom is 0.118 e. The lowest BCUT2D eigenvalue weighted by molar-refractivity contribution is -0.205. The van der Waals surface area contributed by atoms with Crippen molar-refractivity contribution in [3.63, 3.8) is 0 Å². The summed E-state index contributed by atoms with van der Waals surface area (Å²) in [4.78, 5) is 4.05. The van der Waals surface area contributed by atoms with Crippen LogP contribution in [0.3, 0.4) is 0 Å². The summed E-state index contributed by atoms with van der Waals surface area (Å²) < 4.78 is 0. The Labute approximate surface area is 154 Å². The van der Waals surface area contributed by atoms with Crippen molar-refractivity contribution >= 4 is 0 Å². The van der Waals surface area contributed by atoms with Gasteiger partial charge in [-0.2, -0.15) is 0 Å². The molecule has 2 aromatic rings. The highest BCUT2D eigenvalue weighted by Gasteiger charge is 2.60. The van der Waals surface area contributed by atoms with Gasteiger partial charge in [0.1, 0.15) is 11.4 Å². The van der Waals surface area contributed by atoms with Gasteiger partial charge in [0.05, 0.1) is 5.60 Å². The van der Waals surface area contributed by atoms with E-state index in [4.69, 9.17) is 0 Å². The first-order chi connectivity index (χ1) is 12.3. The normalized spacial score (nSPS) is 36.2. The van der Waals surface area contributed by atoms with E-state index in [1.54, 1.807) is 25.4 Å². The summed E-state index contributed by atoms with van der Waals surface area (Å²) in [5.41, 5.74) is 0.420. The van der Waals surface area contributed by atoms with E-state index in [2.05, 4.69) is 11.9 Å². The molecule has 26 heavy (non-hydrogen) atoms. The zero-order valence-electron chi connectivity index (χ0n) is 15.4. The highest BCUT2D eigenvalue weighted by Crippen LogP contribution is 2.60. The minimum absolute atomic E-state index is 0.177. The van der Waals surface area contributed by atoms with Crippen LogP contribution in [-0.2, 0) is 17.4 Å². The molecule has 3 N–H and O–H groups in total. The van der Waals surface area contributed by atoms with E-state index in [1.165, 1.54) is 11.1 Å². The molecule has 2 aliphatic carbocycles. The van der Waals surface area contributed by atoms with Gasteiger partial charge < -0.3 is 15.3 Å². The molecular formula is C22H27NO3. The molecule has 0 spiro atoms. The molecule has 1 fully saturated rings. The van der Waals surface area contributed by atoms with Crippen LogP contribution in [0.4, 0.5) is 0 Å². The number of hydrogen-bond donors (Lipinski definition) is 3. The molecule has 2 aliphatic rings. The average Bonchev–Trinajstić information content (AvgIpc) is 2.63. The van der Waals surface area contributed by atoms with Crippen molar-refractivity contribution in [2.75, 3.05) is 0 Å².